The summed E-state index contributed by atoms with van der Waals surface area (Å²) in [5.74, 6) is -0.417. The van der Waals surface area contributed by atoms with Crippen molar-refractivity contribution >= 4 is 27.4 Å². The highest BCUT2D eigenvalue weighted by Crippen LogP contribution is 2.43. The Bertz CT molecular complexity index is 1120. The summed E-state index contributed by atoms with van der Waals surface area (Å²) in [6.07, 6.45) is -5.66. The van der Waals surface area contributed by atoms with E-state index in [2.05, 4.69) is 4.72 Å². The highest BCUT2D eigenvalue weighted by atomic mass is 35.5. The zero-order valence-electron chi connectivity index (χ0n) is 17.2. The normalized spacial score (nSPS) is 17.4. The van der Waals surface area contributed by atoms with E-state index in [1.54, 1.807) is 18.2 Å². The summed E-state index contributed by atoms with van der Waals surface area (Å²) in [4.78, 5) is 12.6. The Morgan fingerprint density at radius 3 is 2.66 bits per heavy atom. The van der Waals surface area contributed by atoms with Crippen LogP contribution >= 0.6 is 11.6 Å². The molecule has 2 unspecified atom stereocenters. The van der Waals surface area contributed by atoms with Crippen molar-refractivity contribution in [2.45, 2.75) is 38.6 Å². The maximum absolute atomic E-state index is 13.3. The van der Waals surface area contributed by atoms with Gasteiger partial charge in [0.2, 0.25) is 10.0 Å². The number of nitrogens with one attached hydrogen (secondary N) is 1. The number of rotatable bonds is 7. The first-order valence-corrected chi connectivity index (χ1v) is 11.8. The predicted molar refractivity (Wildman–Crippen MR) is 113 cm³/mol. The molecule has 0 amide bonds. The number of ether oxygens (including phenoxy) is 2. The van der Waals surface area contributed by atoms with E-state index in [9.17, 15) is 26.4 Å². The minimum absolute atomic E-state index is 0.118. The molecule has 1 heterocycles. The lowest BCUT2D eigenvalue weighted by atomic mass is 9.95. The lowest BCUT2D eigenvalue weighted by molar-refractivity contribution is -0.137. The summed E-state index contributed by atoms with van der Waals surface area (Å²) in [5.41, 5.74) is -0.424. The van der Waals surface area contributed by atoms with E-state index in [1.807, 2.05) is 0 Å². The van der Waals surface area contributed by atoms with Crippen LogP contribution in [0.2, 0.25) is 5.02 Å². The van der Waals surface area contributed by atoms with Crippen LogP contribution in [0.1, 0.15) is 47.9 Å². The zero-order valence-corrected chi connectivity index (χ0v) is 18.8. The molecule has 6 nitrogen and oxygen atoms in total. The van der Waals surface area contributed by atoms with Gasteiger partial charge in [0.15, 0.2) is 5.78 Å². The zero-order chi connectivity index (χ0) is 23.7. The second-order valence-electron chi connectivity index (χ2n) is 7.33. The molecule has 1 aliphatic rings. The lowest BCUT2D eigenvalue weighted by Crippen LogP contribution is -2.37. The molecule has 1 N–H and O–H groups in total. The molecule has 2 aromatic rings. The van der Waals surface area contributed by atoms with Crippen LogP contribution in [-0.2, 0) is 16.2 Å². The van der Waals surface area contributed by atoms with Gasteiger partial charge in [-0.1, -0.05) is 23.7 Å². The third-order valence-corrected chi connectivity index (χ3v) is 6.65. The number of ketones is 1. The van der Waals surface area contributed by atoms with E-state index < -0.39 is 33.9 Å². The Morgan fingerprint density at radius 1 is 1.28 bits per heavy atom. The van der Waals surface area contributed by atoms with Gasteiger partial charge in [0.05, 0.1) is 34.4 Å². The van der Waals surface area contributed by atoms with Crippen molar-refractivity contribution < 1.29 is 35.9 Å². The number of Topliss-reactive ketones (excluding diaryl/α,β-unsaturated/α-hetero) is 1. The van der Waals surface area contributed by atoms with Crippen LogP contribution in [0.5, 0.6) is 11.5 Å². The number of halogens is 4. The Kier molecular flexibility index (Phi) is 7.06. The quantitative estimate of drug-likeness (QED) is 0.603. The topological polar surface area (TPSA) is 81.7 Å². The second kappa shape index (κ2) is 9.29. The first-order chi connectivity index (χ1) is 14.9. The SMILES string of the molecule is CCS(=O)(=O)NC(C)COc1cc(C(F)(F)F)ccc1C1CC(=O)c2cccc(Cl)c2O1. The summed E-state index contributed by atoms with van der Waals surface area (Å²) in [5, 5.41) is 0.206. The van der Waals surface area contributed by atoms with Gasteiger partial charge in [-0.15, -0.1) is 0 Å². The van der Waals surface area contributed by atoms with Gasteiger partial charge >= 0.3 is 6.18 Å². The molecule has 0 aliphatic carbocycles. The Hall–Kier alpha value is -2.30. The van der Waals surface area contributed by atoms with Crippen molar-refractivity contribution in [2.75, 3.05) is 12.4 Å². The molecule has 174 valence electrons. The third kappa shape index (κ3) is 5.54. The van der Waals surface area contributed by atoms with E-state index in [0.29, 0.717) is 5.56 Å². The summed E-state index contributed by atoms with van der Waals surface area (Å²) < 4.78 is 77.1. The summed E-state index contributed by atoms with van der Waals surface area (Å²) in [6, 6.07) is 6.89. The molecule has 0 saturated heterocycles. The van der Waals surface area contributed by atoms with Gasteiger partial charge in [0.1, 0.15) is 24.2 Å². The van der Waals surface area contributed by atoms with Gasteiger partial charge in [0.25, 0.3) is 0 Å². The minimum atomic E-state index is -4.62. The number of sulfonamides is 1. The fourth-order valence-corrected chi connectivity index (χ4v) is 4.29. The summed E-state index contributed by atoms with van der Waals surface area (Å²) >= 11 is 6.14. The van der Waals surface area contributed by atoms with Gasteiger partial charge in [-0.05, 0) is 38.1 Å². The predicted octanol–water partition coefficient (Wildman–Crippen LogP) is 4.77. The van der Waals surface area contributed by atoms with Crippen LogP contribution in [0.15, 0.2) is 36.4 Å². The highest BCUT2D eigenvalue weighted by Gasteiger charge is 2.35. The molecular weight excluding hydrogens is 471 g/mol. The molecule has 0 spiro atoms. The fourth-order valence-electron chi connectivity index (χ4n) is 3.22. The number of carbonyl (C=O) groups is 1. The van der Waals surface area contributed by atoms with E-state index in [4.69, 9.17) is 21.1 Å². The van der Waals surface area contributed by atoms with Crippen molar-refractivity contribution in [2.24, 2.45) is 0 Å². The lowest BCUT2D eigenvalue weighted by Gasteiger charge is -2.28. The molecule has 32 heavy (non-hydrogen) atoms. The Balaban J connectivity index is 1.92. The number of hydrogen-bond donors (Lipinski definition) is 1. The number of para-hydroxylation sites is 1. The van der Waals surface area contributed by atoms with E-state index in [-0.39, 0.29) is 46.6 Å². The van der Waals surface area contributed by atoms with Crippen molar-refractivity contribution in [3.8, 4) is 11.5 Å². The molecule has 2 atom stereocenters. The van der Waals surface area contributed by atoms with E-state index >= 15 is 0 Å². The maximum Gasteiger partial charge on any atom is 0.416 e. The van der Waals surface area contributed by atoms with Crippen LogP contribution in [-0.4, -0.2) is 32.6 Å². The molecule has 0 fully saturated rings. The summed E-state index contributed by atoms with van der Waals surface area (Å²) in [7, 11) is -3.52. The first kappa shape index (κ1) is 24.3. The molecule has 0 bridgehead atoms. The number of hydrogen-bond acceptors (Lipinski definition) is 5. The number of carbonyl (C=O) groups excluding carboxylic acids is 1. The van der Waals surface area contributed by atoms with Crippen molar-refractivity contribution in [3.05, 3.63) is 58.1 Å². The standard InChI is InChI=1S/C21H21ClF3NO5S/c1-3-32(28,29)26-12(2)11-30-18-9-13(21(23,24)25)7-8-15(18)19-10-17(27)14-5-4-6-16(22)20(14)31-19/h4-9,12,19,26H,3,10-11H2,1-2H3. The second-order valence-corrected chi connectivity index (χ2v) is 9.78. The molecule has 3 rings (SSSR count). The van der Waals surface area contributed by atoms with Gasteiger partial charge in [-0.2, -0.15) is 13.2 Å². The Morgan fingerprint density at radius 2 is 2.00 bits per heavy atom. The van der Waals surface area contributed by atoms with Crippen LogP contribution in [0.25, 0.3) is 0 Å². The smallest absolute Gasteiger partial charge is 0.416 e. The monoisotopic (exact) mass is 491 g/mol. The molecule has 0 radical (unpaired) electrons. The van der Waals surface area contributed by atoms with E-state index in [1.165, 1.54) is 19.9 Å². The van der Waals surface area contributed by atoms with Gasteiger partial charge < -0.3 is 9.47 Å². The maximum atomic E-state index is 13.3. The van der Waals surface area contributed by atoms with Crippen molar-refractivity contribution in [3.63, 3.8) is 0 Å². The van der Waals surface area contributed by atoms with Crippen LogP contribution in [0, 0.1) is 0 Å². The number of fused-ring (bicyclic) bond motifs is 1. The molecular formula is C21H21ClF3NO5S. The fraction of sp³-hybridized carbons (Fsp3) is 0.381. The van der Waals surface area contributed by atoms with Gasteiger partial charge in [0, 0.05) is 5.56 Å². The third-order valence-electron chi connectivity index (χ3n) is 4.84. The molecule has 11 heteroatoms. The van der Waals surface area contributed by atoms with E-state index in [0.717, 1.165) is 12.1 Å². The average Bonchev–Trinajstić information content (AvgIpc) is 2.72. The summed E-state index contributed by atoms with van der Waals surface area (Å²) in [6.45, 7) is 2.75. The largest absolute Gasteiger partial charge is 0.491 e. The van der Waals surface area contributed by atoms with Crippen LogP contribution < -0.4 is 14.2 Å². The van der Waals surface area contributed by atoms with Crippen molar-refractivity contribution in [1.29, 1.82) is 0 Å². The highest BCUT2D eigenvalue weighted by molar-refractivity contribution is 7.89. The molecule has 2 aromatic carbocycles. The van der Waals surface area contributed by atoms with Crippen LogP contribution in [0.4, 0.5) is 13.2 Å². The average molecular weight is 492 g/mol. The first-order valence-electron chi connectivity index (χ1n) is 9.73. The number of benzene rings is 2. The van der Waals surface area contributed by atoms with Gasteiger partial charge in [-0.3, -0.25) is 4.79 Å². The molecule has 1 aliphatic heterocycles. The van der Waals surface area contributed by atoms with Gasteiger partial charge in [-0.25, -0.2) is 13.1 Å². The number of alkyl halides is 3. The molecule has 0 saturated carbocycles. The molecule has 0 aromatic heterocycles. The Labute approximate surface area is 188 Å². The van der Waals surface area contributed by atoms with Crippen LogP contribution in [0.3, 0.4) is 0 Å². The van der Waals surface area contributed by atoms with Crippen molar-refractivity contribution in [1.82, 2.24) is 4.72 Å². The minimum Gasteiger partial charge on any atom is -0.491 e.